The minimum Gasteiger partial charge on any atom is -0.352 e. The van der Waals surface area contributed by atoms with Gasteiger partial charge in [-0.3, -0.25) is 4.79 Å². The van der Waals surface area contributed by atoms with Crippen LogP contribution in [0.15, 0.2) is 22.7 Å². The molecule has 0 saturated carbocycles. The van der Waals surface area contributed by atoms with Gasteiger partial charge in [-0.1, -0.05) is 22.8 Å². The van der Waals surface area contributed by atoms with E-state index in [-0.39, 0.29) is 11.5 Å². The van der Waals surface area contributed by atoms with Crippen LogP contribution in [0.1, 0.15) is 17.5 Å². The molecule has 1 aromatic heterocycles. The Labute approximate surface area is 79.3 Å². The van der Waals surface area contributed by atoms with Gasteiger partial charge in [-0.2, -0.15) is 0 Å². The molecule has 0 unspecified atom stereocenters. The van der Waals surface area contributed by atoms with Gasteiger partial charge in [-0.15, -0.1) is 0 Å². The lowest BCUT2D eigenvalue weighted by molar-refractivity contribution is 0.0981. The number of hydrogen-bond donors (Lipinski definition) is 0. The molecule has 0 radical (unpaired) electrons. The highest BCUT2D eigenvalue weighted by Crippen LogP contribution is 2.26. The minimum absolute atomic E-state index is 0.171. The minimum atomic E-state index is -0.171. The van der Waals surface area contributed by atoms with E-state index in [1.54, 1.807) is 18.2 Å². The van der Waals surface area contributed by atoms with Crippen LogP contribution in [0.3, 0.4) is 0 Å². The Morgan fingerprint density at radius 3 is 3.00 bits per heavy atom. The Morgan fingerprint density at radius 2 is 2.31 bits per heavy atom. The number of carbonyl (C=O) groups is 1. The third-order valence-electron chi connectivity index (χ3n) is 1.77. The van der Waals surface area contributed by atoms with Crippen molar-refractivity contribution in [3.05, 3.63) is 29.0 Å². The van der Waals surface area contributed by atoms with Gasteiger partial charge in [-0.25, -0.2) is 0 Å². The van der Waals surface area contributed by atoms with Crippen molar-refractivity contribution < 1.29 is 9.32 Å². The van der Waals surface area contributed by atoms with Crippen LogP contribution in [0.2, 0.25) is 5.02 Å². The molecular weight excluding hydrogens is 190 g/mol. The smallest absolute Gasteiger partial charge is 0.211 e. The quantitative estimate of drug-likeness (QED) is 0.657. The van der Waals surface area contributed by atoms with Crippen LogP contribution in [0.25, 0.3) is 10.9 Å². The molecule has 0 aliphatic heterocycles. The molecule has 1 heterocycles. The summed E-state index contributed by atoms with van der Waals surface area (Å²) >= 11 is 5.90. The maximum Gasteiger partial charge on any atom is 0.211 e. The molecule has 2 rings (SSSR count). The van der Waals surface area contributed by atoms with Gasteiger partial charge >= 0.3 is 0 Å². The van der Waals surface area contributed by atoms with E-state index in [0.29, 0.717) is 15.9 Å². The first-order valence-corrected chi connectivity index (χ1v) is 4.13. The number of Topliss-reactive ketones (excluding diaryl/α,β-unsaturated/α-hetero) is 1. The Hall–Kier alpha value is -1.35. The fraction of sp³-hybridized carbons (Fsp3) is 0.111. The van der Waals surface area contributed by atoms with Crippen LogP contribution in [-0.4, -0.2) is 10.9 Å². The van der Waals surface area contributed by atoms with Gasteiger partial charge in [0.05, 0.1) is 10.4 Å². The maximum absolute atomic E-state index is 11.1. The van der Waals surface area contributed by atoms with Crippen molar-refractivity contribution >= 4 is 28.3 Å². The molecule has 0 spiro atoms. The van der Waals surface area contributed by atoms with Crippen LogP contribution < -0.4 is 0 Å². The van der Waals surface area contributed by atoms with E-state index >= 15 is 0 Å². The number of ketones is 1. The third kappa shape index (κ3) is 1.21. The molecule has 0 fully saturated rings. The van der Waals surface area contributed by atoms with E-state index in [1.807, 2.05) is 0 Å². The molecule has 0 saturated heterocycles. The summed E-state index contributed by atoms with van der Waals surface area (Å²) < 4.78 is 4.87. The second-order valence-corrected chi connectivity index (χ2v) is 3.11. The number of aromatic nitrogens is 1. The van der Waals surface area contributed by atoms with Gasteiger partial charge in [0.1, 0.15) is 5.52 Å². The standard InChI is InChI=1S/C9H6ClNO2/c1-5(12)9-8-6(10)3-2-4-7(8)11-13-9/h2-4H,1H3. The SMILES string of the molecule is CC(=O)c1onc2cccc(Cl)c12. The fourth-order valence-electron chi connectivity index (χ4n) is 1.19. The van der Waals surface area contributed by atoms with E-state index in [2.05, 4.69) is 5.16 Å². The molecule has 0 bridgehead atoms. The molecule has 3 nitrogen and oxygen atoms in total. The van der Waals surface area contributed by atoms with E-state index < -0.39 is 0 Å². The molecule has 13 heavy (non-hydrogen) atoms. The molecule has 4 heteroatoms. The Morgan fingerprint density at radius 1 is 1.54 bits per heavy atom. The first-order valence-electron chi connectivity index (χ1n) is 3.75. The van der Waals surface area contributed by atoms with Crippen molar-refractivity contribution in [1.29, 1.82) is 0 Å². The van der Waals surface area contributed by atoms with E-state index in [1.165, 1.54) is 6.92 Å². The van der Waals surface area contributed by atoms with Crippen molar-refractivity contribution in [3.8, 4) is 0 Å². The summed E-state index contributed by atoms with van der Waals surface area (Å²) in [6.45, 7) is 1.42. The van der Waals surface area contributed by atoms with Crippen molar-refractivity contribution in [2.75, 3.05) is 0 Å². The second-order valence-electron chi connectivity index (χ2n) is 2.70. The topological polar surface area (TPSA) is 43.1 Å². The van der Waals surface area contributed by atoms with Crippen LogP contribution in [0.4, 0.5) is 0 Å². The predicted molar refractivity (Wildman–Crippen MR) is 49.0 cm³/mol. The van der Waals surface area contributed by atoms with Gasteiger partial charge in [0.2, 0.25) is 5.76 Å². The van der Waals surface area contributed by atoms with Crippen LogP contribution >= 0.6 is 11.6 Å². The van der Waals surface area contributed by atoms with E-state index in [4.69, 9.17) is 16.1 Å². The van der Waals surface area contributed by atoms with E-state index in [9.17, 15) is 4.79 Å². The zero-order chi connectivity index (χ0) is 9.42. The molecule has 1 aromatic carbocycles. The van der Waals surface area contributed by atoms with Gasteiger partial charge in [-0.05, 0) is 12.1 Å². The summed E-state index contributed by atoms with van der Waals surface area (Å²) in [6, 6.07) is 5.21. The highest BCUT2D eigenvalue weighted by molar-refractivity contribution is 6.36. The van der Waals surface area contributed by atoms with Gasteiger partial charge in [0.15, 0.2) is 5.78 Å². The molecule has 66 valence electrons. The third-order valence-corrected chi connectivity index (χ3v) is 2.09. The monoisotopic (exact) mass is 195 g/mol. The molecule has 0 atom stereocenters. The van der Waals surface area contributed by atoms with Gasteiger partial charge in [0.25, 0.3) is 0 Å². The van der Waals surface area contributed by atoms with Crippen molar-refractivity contribution in [2.45, 2.75) is 6.92 Å². The molecule has 0 aliphatic rings. The molecular formula is C9H6ClNO2. The first kappa shape index (κ1) is 8.26. The lowest BCUT2D eigenvalue weighted by Crippen LogP contribution is -1.88. The second kappa shape index (κ2) is 2.85. The summed E-state index contributed by atoms with van der Waals surface area (Å²) in [5.74, 6) is 0.0520. The summed E-state index contributed by atoms with van der Waals surface area (Å²) in [7, 11) is 0. The van der Waals surface area contributed by atoms with Gasteiger partial charge in [0, 0.05) is 6.92 Å². The number of benzene rings is 1. The summed E-state index contributed by atoms with van der Waals surface area (Å²) in [4.78, 5) is 11.1. The highest BCUT2D eigenvalue weighted by atomic mass is 35.5. The van der Waals surface area contributed by atoms with Crippen LogP contribution in [-0.2, 0) is 0 Å². The molecule has 0 aliphatic carbocycles. The number of carbonyl (C=O) groups excluding carboxylic acids is 1. The lowest BCUT2D eigenvalue weighted by Gasteiger charge is -1.91. The molecule has 0 N–H and O–H groups in total. The van der Waals surface area contributed by atoms with Crippen molar-refractivity contribution in [2.24, 2.45) is 0 Å². The van der Waals surface area contributed by atoms with Crippen molar-refractivity contribution in [1.82, 2.24) is 5.16 Å². The Kier molecular flexibility index (Phi) is 1.81. The summed E-state index contributed by atoms with van der Waals surface area (Å²) in [5.41, 5.74) is 0.609. The summed E-state index contributed by atoms with van der Waals surface area (Å²) in [6.07, 6.45) is 0. The van der Waals surface area contributed by atoms with Crippen LogP contribution in [0, 0.1) is 0 Å². The maximum atomic E-state index is 11.1. The molecule has 0 amide bonds. The largest absolute Gasteiger partial charge is 0.352 e. The average molecular weight is 196 g/mol. The van der Waals surface area contributed by atoms with E-state index in [0.717, 1.165) is 0 Å². The number of rotatable bonds is 1. The zero-order valence-corrected chi connectivity index (χ0v) is 7.63. The van der Waals surface area contributed by atoms with Crippen molar-refractivity contribution in [3.63, 3.8) is 0 Å². The van der Waals surface area contributed by atoms with Crippen LogP contribution in [0.5, 0.6) is 0 Å². The summed E-state index contributed by atoms with van der Waals surface area (Å²) in [5, 5.41) is 4.80. The number of fused-ring (bicyclic) bond motifs is 1. The Bertz CT molecular complexity index is 475. The Balaban J connectivity index is 2.86. The zero-order valence-electron chi connectivity index (χ0n) is 6.87. The van der Waals surface area contributed by atoms with Gasteiger partial charge < -0.3 is 4.52 Å². The first-order chi connectivity index (χ1) is 6.20. The fourth-order valence-corrected chi connectivity index (χ4v) is 1.45. The molecule has 2 aromatic rings. The lowest BCUT2D eigenvalue weighted by atomic mass is 10.2. The number of hydrogen-bond acceptors (Lipinski definition) is 3. The number of halogens is 1. The number of nitrogens with zero attached hydrogens (tertiary/aromatic N) is 1. The highest BCUT2D eigenvalue weighted by Gasteiger charge is 2.14. The average Bonchev–Trinajstić information content (AvgIpc) is 2.49. The predicted octanol–water partition coefficient (Wildman–Crippen LogP) is 2.68. The normalized spacial score (nSPS) is 10.6.